The van der Waals surface area contributed by atoms with Crippen LogP contribution in [0.4, 0.5) is 13.2 Å². The Bertz CT molecular complexity index is 1620. The van der Waals surface area contributed by atoms with E-state index in [1.54, 1.807) is 12.1 Å². The Morgan fingerprint density at radius 1 is 1.04 bits per heavy atom. The summed E-state index contributed by atoms with van der Waals surface area (Å²) in [7, 11) is -5.49. The molecule has 17 heteroatoms. The second-order valence-corrected chi connectivity index (χ2v) is 17.7. The molecule has 3 rings (SSSR count). The Kier molecular flexibility index (Phi) is 12.5. The van der Waals surface area contributed by atoms with Crippen LogP contribution in [0.3, 0.4) is 0 Å². The quantitative estimate of drug-likeness (QED) is 0.261. The third-order valence-corrected chi connectivity index (χ3v) is 13.5. The number of methoxy groups -OCH3 is 2. The molecule has 0 saturated carbocycles. The number of ketones is 2. The molecule has 1 aromatic heterocycles. The average Bonchev–Trinajstić information content (AvgIpc) is 3.62. The molecule has 46 heavy (non-hydrogen) atoms. The first-order valence-corrected chi connectivity index (χ1v) is 18.6. The topological polar surface area (TPSA) is 141 Å². The number of hydrogen-bond donors (Lipinski definition) is 0. The lowest BCUT2D eigenvalue weighted by Gasteiger charge is -2.29. The molecule has 0 N–H and O–H groups in total. The lowest BCUT2D eigenvalue weighted by Crippen LogP contribution is -2.47. The van der Waals surface area contributed by atoms with Crippen LogP contribution >= 0.6 is 22.9 Å². The number of amides is 1. The number of thiophene rings is 1. The van der Waals surface area contributed by atoms with Gasteiger partial charge in [0.1, 0.15) is 9.96 Å². The molecule has 1 amide bonds. The van der Waals surface area contributed by atoms with E-state index in [9.17, 15) is 44.4 Å². The van der Waals surface area contributed by atoms with E-state index in [0.717, 1.165) is 16.2 Å². The summed E-state index contributed by atoms with van der Waals surface area (Å²) in [6.45, 7) is 1.76. The third-order valence-electron chi connectivity index (χ3n) is 7.79. The summed E-state index contributed by atoms with van der Waals surface area (Å²) in [5.74, 6) is -8.77. The molecule has 1 aromatic carbocycles. The molecular weight excluding hydrogens is 695 g/mol. The van der Waals surface area contributed by atoms with Crippen LogP contribution in [0.1, 0.15) is 32.3 Å². The Labute approximate surface area is 275 Å². The second kappa shape index (κ2) is 15.1. The molecule has 0 spiro atoms. The smallest absolute Gasteiger partial charge is 0.450 e. The second-order valence-electron chi connectivity index (χ2n) is 11.4. The number of carbonyl (C=O) groups is 3. The average molecular weight is 730 g/mol. The van der Waals surface area contributed by atoms with Gasteiger partial charge in [-0.1, -0.05) is 37.6 Å². The fourth-order valence-corrected chi connectivity index (χ4v) is 10.2. The zero-order valence-electron chi connectivity index (χ0n) is 25.5. The monoisotopic (exact) mass is 729 g/mol. The molecule has 2 heterocycles. The number of nitrogens with zero attached hydrogens (tertiary/aromatic N) is 1. The number of halogens is 4. The van der Waals surface area contributed by atoms with Gasteiger partial charge in [0.25, 0.3) is 0 Å². The maximum Gasteiger partial charge on any atom is 0.450 e. The number of sulfone groups is 2. The van der Waals surface area contributed by atoms with Crippen LogP contribution in [-0.4, -0.2) is 89.8 Å². The molecule has 0 radical (unpaired) electrons. The lowest BCUT2D eigenvalue weighted by atomic mass is 9.85. The maximum atomic E-state index is 13.9. The van der Waals surface area contributed by atoms with Crippen molar-refractivity contribution in [2.24, 2.45) is 17.8 Å². The highest BCUT2D eigenvalue weighted by molar-refractivity contribution is 7.93. The van der Waals surface area contributed by atoms with E-state index >= 15 is 0 Å². The largest absolute Gasteiger partial charge is 0.497 e. The van der Waals surface area contributed by atoms with Gasteiger partial charge >= 0.3 is 6.18 Å². The van der Waals surface area contributed by atoms with Crippen LogP contribution in [0, 0.1) is 17.8 Å². The molecular formula is C29H35ClF3NO9S3. The van der Waals surface area contributed by atoms with Gasteiger partial charge in [0.05, 0.1) is 46.8 Å². The maximum absolute atomic E-state index is 13.9. The minimum Gasteiger partial charge on any atom is -0.497 e. The van der Waals surface area contributed by atoms with Gasteiger partial charge in [0, 0.05) is 26.0 Å². The highest BCUT2D eigenvalue weighted by Crippen LogP contribution is 2.34. The van der Waals surface area contributed by atoms with Gasteiger partial charge in [-0.2, -0.15) is 13.2 Å². The van der Waals surface area contributed by atoms with Crippen molar-refractivity contribution in [3.05, 3.63) is 46.3 Å². The van der Waals surface area contributed by atoms with E-state index in [0.29, 0.717) is 11.3 Å². The van der Waals surface area contributed by atoms with Gasteiger partial charge < -0.3 is 14.4 Å². The number of rotatable bonds is 15. The minimum atomic E-state index is -5.22. The minimum absolute atomic E-state index is 0.120. The molecule has 0 bridgehead atoms. The van der Waals surface area contributed by atoms with Gasteiger partial charge in [-0.15, -0.1) is 11.3 Å². The van der Waals surface area contributed by atoms with Crippen LogP contribution in [0.5, 0.6) is 5.75 Å². The first kappa shape index (κ1) is 37.9. The molecule has 1 aliphatic heterocycles. The van der Waals surface area contributed by atoms with Gasteiger partial charge in [-0.05, 0) is 42.2 Å². The molecule has 1 aliphatic rings. The Balaban J connectivity index is 1.97. The molecule has 2 aromatic rings. The summed E-state index contributed by atoms with van der Waals surface area (Å²) < 4.78 is 104. The summed E-state index contributed by atoms with van der Waals surface area (Å²) in [4.78, 5) is 40.6. The van der Waals surface area contributed by atoms with E-state index in [2.05, 4.69) is 0 Å². The van der Waals surface area contributed by atoms with Crippen molar-refractivity contribution in [3.8, 4) is 5.75 Å². The van der Waals surface area contributed by atoms with Crippen molar-refractivity contribution in [3.63, 3.8) is 0 Å². The fourth-order valence-electron chi connectivity index (χ4n) is 5.31. The predicted molar refractivity (Wildman–Crippen MR) is 165 cm³/mol. The molecule has 0 unspecified atom stereocenters. The zero-order valence-corrected chi connectivity index (χ0v) is 28.7. The van der Waals surface area contributed by atoms with Crippen LogP contribution in [0.15, 0.2) is 40.6 Å². The number of alkyl halides is 3. The zero-order chi connectivity index (χ0) is 34.6. The number of Topliss-reactive ketones (excluding diaryl/α,β-unsaturated/α-hetero) is 2. The number of ether oxygens (including phenoxy) is 2. The standard InChI is InChI=1S/C29H35ClF3NO9S3/c1-17(2)22(27(36)29(31,32)33)12-24(35)23-11-21(45(38,39)15-18-5-7-20(43-4)8-6-18)13-34(23)28(37)19(14-42-3)16-46(40,41)26-10-9-25(30)44-26/h5-10,17,19,21-23H,11-16H2,1-4H3/t19-,21-,22+,23+/m1/s1. The molecule has 4 atom stereocenters. The number of carbonyl (C=O) groups excluding carboxylic acids is 3. The van der Waals surface area contributed by atoms with Crippen LogP contribution in [0.25, 0.3) is 0 Å². The highest BCUT2D eigenvalue weighted by atomic mass is 35.5. The van der Waals surface area contributed by atoms with Crippen molar-refractivity contribution in [2.75, 3.05) is 33.1 Å². The fraction of sp³-hybridized carbons (Fsp3) is 0.552. The lowest BCUT2D eigenvalue weighted by molar-refractivity contribution is -0.177. The number of likely N-dealkylation sites (tertiary alicyclic amines) is 1. The van der Waals surface area contributed by atoms with Gasteiger partial charge in [0.2, 0.25) is 11.7 Å². The van der Waals surface area contributed by atoms with Crippen molar-refractivity contribution >= 4 is 60.1 Å². The summed E-state index contributed by atoms with van der Waals surface area (Å²) in [6.07, 6.45) is -6.55. The SMILES string of the molecule is COC[C@H](CS(=O)(=O)c1ccc(Cl)s1)C(=O)N1C[C@H](S(=O)(=O)Cc2ccc(OC)cc2)C[C@H]1C(=O)C[C@H](C(=O)C(F)(F)F)C(C)C. The Morgan fingerprint density at radius 3 is 2.17 bits per heavy atom. The van der Waals surface area contributed by atoms with Crippen molar-refractivity contribution < 1.29 is 53.9 Å². The molecule has 1 fully saturated rings. The van der Waals surface area contributed by atoms with Crippen molar-refractivity contribution in [1.82, 2.24) is 4.90 Å². The molecule has 1 saturated heterocycles. The predicted octanol–water partition coefficient (Wildman–Crippen LogP) is 4.39. The first-order chi connectivity index (χ1) is 21.3. The Hall–Kier alpha value is -2.53. The van der Waals surface area contributed by atoms with Crippen molar-refractivity contribution in [1.29, 1.82) is 0 Å². The number of hydrogen-bond acceptors (Lipinski definition) is 10. The summed E-state index contributed by atoms with van der Waals surface area (Å²) >= 11 is 6.66. The summed E-state index contributed by atoms with van der Waals surface area (Å²) in [5.41, 5.74) is 0.391. The van der Waals surface area contributed by atoms with E-state index in [-0.39, 0.29) is 8.55 Å². The van der Waals surface area contributed by atoms with E-state index in [1.165, 1.54) is 52.3 Å². The number of benzene rings is 1. The van der Waals surface area contributed by atoms with Crippen LogP contribution < -0.4 is 4.74 Å². The molecule has 256 valence electrons. The van der Waals surface area contributed by atoms with Crippen LogP contribution in [0.2, 0.25) is 4.34 Å². The van der Waals surface area contributed by atoms with E-state index < -0.39 is 110 Å². The third kappa shape index (κ3) is 9.30. The normalized spacial score (nSPS) is 18.8. The van der Waals surface area contributed by atoms with Crippen LogP contribution in [-0.2, 0) is 44.5 Å². The van der Waals surface area contributed by atoms with Crippen molar-refractivity contribution in [2.45, 2.75) is 54.1 Å². The molecule has 0 aliphatic carbocycles. The van der Waals surface area contributed by atoms with Gasteiger partial charge in [0.15, 0.2) is 25.5 Å². The summed E-state index contributed by atoms with van der Waals surface area (Å²) in [5, 5.41) is -1.31. The summed E-state index contributed by atoms with van der Waals surface area (Å²) in [6, 6.07) is 7.29. The first-order valence-electron chi connectivity index (χ1n) is 14.1. The Morgan fingerprint density at radius 2 is 1.67 bits per heavy atom. The molecule has 10 nitrogen and oxygen atoms in total. The highest BCUT2D eigenvalue weighted by Gasteiger charge is 2.49. The van der Waals surface area contributed by atoms with E-state index in [1.807, 2.05) is 0 Å². The van der Waals surface area contributed by atoms with E-state index in [4.69, 9.17) is 21.1 Å². The van der Waals surface area contributed by atoms with Gasteiger partial charge in [-0.25, -0.2) is 16.8 Å². The van der Waals surface area contributed by atoms with Gasteiger partial charge in [-0.3, -0.25) is 14.4 Å².